The summed E-state index contributed by atoms with van der Waals surface area (Å²) >= 11 is 0. The average Bonchev–Trinajstić information content (AvgIpc) is 2.94. The number of esters is 1. The zero-order valence-electron chi connectivity index (χ0n) is 11.4. The number of fused-ring (bicyclic) bond motifs is 3. The normalized spacial score (nSPS) is 38.4. The van der Waals surface area contributed by atoms with Crippen molar-refractivity contribution in [1.82, 2.24) is 0 Å². The molecule has 3 aliphatic rings. The molecule has 19 heavy (non-hydrogen) atoms. The Morgan fingerprint density at radius 2 is 2.16 bits per heavy atom. The second kappa shape index (κ2) is 4.45. The highest BCUT2D eigenvalue weighted by molar-refractivity contribution is 5.95. The Bertz CT molecular complexity index is 419. The van der Waals surface area contributed by atoms with Crippen LogP contribution >= 0.6 is 0 Å². The van der Waals surface area contributed by atoms with Gasteiger partial charge in [-0.2, -0.15) is 0 Å². The van der Waals surface area contributed by atoms with Gasteiger partial charge in [0.25, 0.3) is 0 Å². The summed E-state index contributed by atoms with van der Waals surface area (Å²) in [5, 5.41) is 4.07. The maximum absolute atomic E-state index is 11.7. The van der Waals surface area contributed by atoms with Crippen molar-refractivity contribution in [1.29, 1.82) is 0 Å². The number of ether oxygens (including phenoxy) is 3. The Morgan fingerprint density at radius 1 is 1.42 bits per heavy atom. The molecule has 0 aromatic rings. The van der Waals surface area contributed by atoms with Gasteiger partial charge in [-0.05, 0) is 20.8 Å². The highest BCUT2D eigenvalue weighted by Crippen LogP contribution is 2.46. The summed E-state index contributed by atoms with van der Waals surface area (Å²) in [5.41, 5.74) is 0.888. The van der Waals surface area contributed by atoms with Gasteiger partial charge in [-0.3, -0.25) is 4.79 Å². The second-order valence-electron chi connectivity index (χ2n) is 5.60. The Hall–Kier alpha value is -1.14. The minimum Gasteiger partial charge on any atom is -0.466 e. The highest BCUT2D eigenvalue weighted by atomic mass is 16.8. The second-order valence-corrected chi connectivity index (χ2v) is 5.60. The SMILES string of the molecule is CCOC(=O)C[C@H]1C2=NOC[C@H]2[C@H]2OC(C)(C)O[C@H]21. The quantitative estimate of drug-likeness (QED) is 0.718. The standard InChI is InChI=1S/C13H19NO5/c1-4-16-9(15)5-7-10-8(6-17-14-10)12-11(7)18-13(2,3)19-12/h7-8,11-12H,4-6H2,1-3H3/t7-,8+,11-,12+/m0/s1. The molecule has 2 aliphatic heterocycles. The smallest absolute Gasteiger partial charge is 0.306 e. The van der Waals surface area contributed by atoms with Crippen LogP contribution in [0.2, 0.25) is 0 Å². The maximum Gasteiger partial charge on any atom is 0.306 e. The molecule has 1 aliphatic carbocycles. The molecule has 0 bridgehead atoms. The summed E-state index contributed by atoms with van der Waals surface area (Å²) in [7, 11) is 0. The molecular weight excluding hydrogens is 250 g/mol. The Labute approximate surface area is 112 Å². The van der Waals surface area contributed by atoms with Crippen LogP contribution in [-0.2, 0) is 23.8 Å². The van der Waals surface area contributed by atoms with Gasteiger partial charge >= 0.3 is 5.97 Å². The number of hydrogen-bond donors (Lipinski definition) is 0. The van der Waals surface area contributed by atoms with E-state index in [9.17, 15) is 4.79 Å². The molecule has 6 heteroatoms. The van der Waals surface area contributed by atoms with Crippen LogP contribution in [0, 0.1) is 11.8 Å². The van der Waals surface area contributed by atoms with Gasteiger partial charge in [0.1, 0.15) is 6.61 Å². The van der Waals surface area contributed by atoms with Gasteiger partial charge in [0.2, 0.25) is 0 Å². The summed E-state index contributed by atoms with van der Waals surface area (Å²) in [6.45, 7) is 6.47. The minimum absolute atomic E-state index is 0.0734. The molecule has 4 atom stereocenters. The van der Waals surface area contributed by atoms with Crippen molar-refractivity contribution in [3.63, 3.8) is 0 Å². The van der Waals surface area contributed by atoms with Crippen LogP contribution in [0.1, 0.15) is 27.2 Å². The predicted molar refractivity (Wildman–Crippen MR) is 65.4 cm³/mol. The fourth-order valence-electron chi connectivity index (χ4n) is 3.18. The van der Waals surface area contributed by atoms with Gasteiger partial charge < -0.3 is 19.0 Å². The van der Waals surface area contributed by atoms with E-state index in [2.05, 4.69) is 5.16 Å². The number of rotatable bonds is 3. The first-order chi connectivity index (χ1) is 9.02. The van der Waals surface area contributed by atoms with Crippen LogP contribution in [0.25, 0.3) is 0 Å². The van der Waals surface area contributed by atoms with Gasteiger partial charge in [0.15, 0.2) is 5.79 Å². The van der Waals surface area contributed by atoms with Crippen molar-refractivity contribution in [2.24, 2.45) is 17.0 Å². The molecule has 1 saturated heterocycles. The Kier molecular flexibility index (Phi) is 3.02. The number of carbonyl (C=O) groups excluding carboxylic acids is 1. The fourth-order valence-corrected chi connectivity index (χ4v) is 3.18. The van der Waals surface area contributed by atoms with E-state index >= 15 is 0 Å². The van der Waals surface area contributed by atoms with Gasteiger partial charge in [0, 0.05) is 5.92 Å². The third kappa shape index (κ3) is 2.12. The molecule has 1 saturated carbocycles. The van der Waals surface area contributed by atoms with E-state index < -0.39 is 5.79 Å². The van der Waals surface area contributed by atoms with E-state index in [4.69, 9.17) is 19.0 Å². The maximum atomic E-state index is 11.7. The van der Waals surface area contributed by atoms with E-state index in [1.807, 2.05) is 13.8 Å². The van der Waals surface area contributed by atoms with Crippen molar-refractivity contribution < 1.29 is 23.8 Å². The van der Waals surface area contributed by atoms with Crippen LogP contribution in [-0.4, -0.2) is 42.9 Å². The van der Waals surface area contributed by atoms with E-state index in [-0.39, 0.29) is 36.4 Å². The van der Waals surface area contributed by atoms with E-state index in [1.54, 1.807) is 6.92 Å². The topological polar surface area (TPSA) is 66.4 Å². The van der Waals surface area contributed by atoms with Gasteiger partial charge in [-0.1, -0.05) is 5.16 Å². The van der Waals surface area contributed by atoms with Crippen LogP contribution in [0.5, 0.6) is 0 Å². The number of nitrogens with zero attached hydrogens (tertiary/aromatic N) is 1. The molecule has 106 valence electrons. The molecule has 0 unspecified atom stereocenters. The van der Waals surface area contributed by atoms with E-state index in [0.29, 0.717) is 13.2 Å². The van der Waals surface area contributed by atoms with Crippen molar-refractivity contribution in [2.45, 2.75) is 45.2 Å². The summed E-state index contributed by atoms with van der Waals surface area (Å²) in [5.74, 6) is -0.838. The third-order valence-electron chi connectivity index (χ3n) is 3.83. The van der Waals surface area contributed by atoms with Crippen molar-refractivity contribution in [3.8, 4) is 0 Å². The first-order valence-electron chi connectivity index (χ1n) is 6.73. The van der Waals surface area contributed by atoms with Crippen molar-refractivity contribution in [3.05, 3.63) is 0 Å². The monoisotopic (exact) mass is 269 g/mol. The largest absolute Gasteiger partial charge is 0.466 e. The zero-order chi connectivity index (χ0) is 13.6. The van der Waals surface area contributed by atoms with Gasteiger partial charge in [0.05, 0.1) is 36.9 Å². The molecule has 0 spiro atoms. The lowest BCUT2D eigenvalue weighted by Gasteiger charge is -2.21. The number of hydrogen-bond acceptors (Lipinski definition) is 6. The minimum atomic E-state index is -0.615. The summed E-state index contributed by atoms with van der Waals surface area (Å²) in [6, 6.07) is 0. The molecular formula is C13H19NO5. The predicted octanol–water partition coefficient (Wildman–Crippen LogP) is 1.09. The van der Waals surface area contributed by atoms with Crippen LogP contribution in [0.4, 0.5) is 0 Å². The number of carbonyl (C=O) groups is 1. The molecule has 2 heterocycles. The van der Waals surface area contributed by atoms with Gasteiger partial charge in [-0.15, -0.1) is 0 Å². The summed E-state index contributed by atoms with van der Waals surface area (Å²) in [6.07, 6.45) is 0.0652. The van der Waals surface area contributed by atoms with Crippen LogP contribution in [0.3, 0.4) is 0 Å². The van der Waals surface area contributed by atoms with Gasteiger partial charge in [-0.25, -0.2) is 0 Å². The number of oxime groups is 1. The van der Waals surface area contributed by atoms with E-state index in [1.165, 1.54) is 0 Å². The Morgan fingerprint density at radius 3 is 2.89 bits per heavy atom. The third-order valence-corrected chi connectivity index (χ3v) is 3.83. The lowest BCUT2D eigenvalue weighted by Crippen LogP contribution is -2.30. The molecule has 0 N–H and O–H groups in total. The molecule has 0 aromatic carbocycles. The lowest BCUT2D eigenvalue weighted by atomic mass is 9.98. The first kappa shape index (κ1) is 12.9. The van der Waals surface area contributed by atoms with Crippen LogP contribution in [0.15, 0.2) is 5.16 Å². The first-order valence-corrected chi connectivity index (χ1v) is 6.73. The summed E-state index contributed by atoms with van der Waals surface area (Å²) in [4.78, 5) is 16.9. The van der Waals surface area contributed by atoms with Crippen molar-refractivity contribution >= 4 is 11.7 Å². The highest BCUT2D eigenvalue weighted by Gasteiger charge is 2.59. The molecule has 3 rings (SSSR count). The molecule has 2 fully saturated rings. The zero-order valence-corrected chi connectivity index (χ0v) is 11.4. The molecule has 6 nitrogen and oxygen atoms in total. The van der Waals surface area contributed by atoms with Crippen LogP contribution < -0.4 is 0 Å². The average molecular weight is 269 g/mol. The van der Waals surface area contributed by atoms with E-state index in [0.717, 1.165) is 5.71 Å². The molecule has 0 radical (unpaired) electrons. The fraction of sp³-hybridized carbons (Fsp3) is 0.846. The summed E-state index contributed by atoms with van der Waals surface area (Å²) < 4.78 is 16.9. The lowest BCUT2D eigenvalue weighted by molar-refractivity contribution is -0.157. The molecule has 0 aromatic heterocycles. The van der Waals surface area contributed by atoms with Crippen molar-refractivity contribution in [2.75, 3.05) is 13.2 Å². The molecule has 0 amide bonds. The Balaban J connectivity index is 1.79.